The summed E-state index contributed by atoms with van der Waals surface area (Å²) in [5.74, 6) is 1.69. The monoisotopic (exact) mass is 333 g/mol. The third-order valence-electron chi connectivity index (χ3n) is 3.61. The van der Waals surface area contributed by atoms with Crippen molar-refractivity contribution < 1.29 is 9.47 Å². The lowest BCUT2D eigenvalue weighted by Gasteiger charge is -2.31. The topological polar surface area (TPSA) is 44.5 Å². The first-order chi connectivity index (χ1) is 9.69. The van der Waals surface area contributed by atoms with E-state index in [1.54, 1.807) is 7.11 Å². The van der Waals surface area contributed by atoms with Crippen LogP contribution in [0.2, 0.25) is 0 Å². The van der Waals surface area contributed by atoms with Crippen LogP contribution in [0.3, 0.4) is 0 Å². The lowest BCUT2D eigenvalue weighted by atomic mass is 9.93. The van der Waals surface area contributed by atoms with Crippen LogP contribution in [0.25, 0.3) is 0 Å². The summed E-state index contributed by atoms with van der Waals surface area (Å²) in [6, 6.07) is 13.8. The van der Waals surface area contributed by atoms with E-state index in [4.69, 9.17) is 15.2 Å². The number of para-hydroxylation sites is 1. The zero-order valence-corrected chi connectivity index (χ0v) is 12.8. The molecule has 1 aliphatic rings. The number of methoxy groups -OCH3 is 1. The Balaban J connectivity index is 1.97. The molecule has 0 amide bonds. The SMILES string of the molecule is COc1ccc(Br)c(C2CC(N)c3ccccc3O2)c1. The van der Waals surface area contributed by atoms with E-state index in [9.17, 15) is 0 Å². The van der Waals surface area contributed by atoms with E-state index in [0.717, 1.165) is 33.5 Å². The Kier molecular flexibility index (Phi) is 3.68. The van der Waals surface area contributed by atoms with Crippen molar-refractivity contribution in [3.05, 3.63) is 58.1 Å². The number of hydrogen-bond acceptors (Lipinski definition) is 3. The molecule has 20 heavy (non-hydrogen) atoms. The van der Waals surface area contributed by atoms with Crippen LogP contribution in [0.5, 0.6) is 11.5 Å². The maximum absolute atomic E-state index is 6.27. The van der Waals surface area contributed by atoms with Gasteiger partial charge in [0, 0.05) is 28.1 Å². The molecule has 1 aliphatic heterocycles. The van der Waals surface area contributed by atoms with Gasteiger partial charge >= 0.3 is 0 Å². The largest absolute Gasteiger partial charge is 0.497 e. The molecule has 2 N–H and O–H groups in total. The number of halogens is 1. The van der Waals surface area contributed by atoms with Crippen LogP contribution in [0.15, 0.2) is 46.9 Å². The van der Waals surface area contributed by atoms with Crippen molar-refractivity contribution in [2.75, 3.05) is 7.11 Å². The van der Waals surface area contributed by atoms with E-state index in [2.05, 4.69) is 15.9 Å². The molecule has 2 aromatic carbocycles. The van der Waals surface area contributed by atoms with Gasteiger partial charge in [0.2, 0.25) is 0 Å². The predicted octanol–water partition coefficient (Wildman–Crippen LogP) is 3.98. The van der Waals surface area contributed by atoms with Crippen LogP contribution < -0.4 is 15.2 Å². The van der Waals surface area contributed by atoms with Gasteiger partial charge in [0.05, 0.1) is 7.11 Å². The molecule has 0 bridgehead atoms. The van der Waals surface area contributed by atoms with Gasteiger partial charge in [0.15, 0.2) is 0 Å². The fraction of sp³-hybridized carbons (Fsp3) is 0.250. The fourth-order valence-electron chi connectivity index (χ4n) is 2.54. The smallest absolute Gasteiger partial charge is 0.127 e. The van der Waals surface area contributed by atoms with Gasteiger partial charge in [-0.25, -0.2) is 0 Å². The van der Waals surface area contributed by atoms with Crippen molar-refractivity contribution in [2.45, 2.75) is 18.6 Å². The van der Waals surface area contributed by atoms with Crippen molar-refractivity contribution in [3.8, 4) is 11.5 Å². The zero-order chi connectivity index (χ0) is 14.1. The first-order valence-corrected chi connectivity index (χ1v) is 7.33. The summed E-state index contributed by atoms with van der Waals surface area (Å²) in [7, 11) is 1.66. The van der Waals surface area contributed by atoms with Gasteiger partial charge in [0.1, 0.15) is 17.6 Å². The molecule has 4 heteroatoms. The summed E-state index contributed by atoms with van der Waals surface area (Å²) in [4.78, 5) is 0. The van der Waals surface area contributed by atoms with Gasteiger partial charge in [-0.2, -0.15) is 0 Å². The van der Waals surface area contributed by atoms with E-state index >= 15 is 0 Å². The van der Waals surface area contributed by atoms with Crippen molar-refractivity contribution in [1.29, 1.82) is 0 Å². The molecule has 0 saturated heterocycles. The molecular formula is C16H16BrNO2. The van der Waals surface area contributed by atoms with Gasteiger partial charge in [0.25, 0.3) is 0 Å². The van der Waals surface area contributed by atoms with E-state index in [-0.39, 0.29) is 12.1 Å². The molecule has 0 aliphatic carbocycles. The molecule has 104 valence electrons. The highest BCUT2D eigenvalue weighted by Crippen LogP contribution is 2.42. The van der Waals surface area contributed by atoms with Crippen molar-refractivity contribution in [1.82, 2.24) is 0 Å². The normalized spacial score (nSPS) is 20.9. The third-order valence-corrected chi connectivity index (χ3v) is 4.33. The Morgan fingerprint density at radius 2 is 2.00 bits per heavy atom. The molecule has 0 radical (unpaired) electrons. The Morgan fingerprint density at radius 1 is 1.20 bits per heavy atom. The number of nitrogens with two attached hydrogens (primary N) is 1. The summed E-state index contributed by atoms with van der Waals surface area (Å²) in [5, 5.41) is 0. The van der Waals surface area contributed by atoms with Crippen LogP contribution in [-0.4, -0.2) is 7.11 Å². The second-order valence-electron chi connectivity index (χ2n) is 4.87. The minimum atomic E-state index is -0.0654. The van der Waals surface area contributed by atoms with Crippen molar-refractivity contribution in [2.24, 2.45) is 5.73 Å². The number of rotatable bonds is 2. The van der Waals surface area contributed by atoms with Crippen LogP contribution in [0.4, 0.5) is 0 Å². The van der Waals surface area contributed by atoms with Crippen molar-refractivity contribution >= 4 is 15.9 Å². The second kappa shape index (κ2) is 5.46. The Labute approximate surface area is 126 Å². The minimum Gasteiger partial charge on any atom is -0.497 e. The quantitative estimate of drug-likeness (QED) is 0.903. The molecule has 0 saturated carbocycles. The van der Waals surface area contributed by atoms with Gasteiger partial charge in [-0.3, -0.25) is 0 Å². The van der Waals surface area contributed by atoms with Crippen LogP contribution in [0, 0.1) is 0 Å². The highest BCUT2D eigenvalue weighted by molar-refractivity contribution is 9.10. The molecule has 0 spiro atoms. The minimum absolute atomic E-state index is 0.0111. The predicted molar refractivity (Wildman–Crippen MR) is 82.1 cm³/mol. The first-order valence-electron chi connectivity index (χ1n) is 6.53. The van der Waals surface area contributed by atoms with Crippen molar-refractivity contribution in [3.63, 3.8) is 0 Å². The summed E-state index contributed by atoms with van der Waals surface area (Å²) in [6.07, 6.45) is 0.687. The summed E-state index contributed by atoms with van der Waals surface area (Å²) < 4.78 is 12.4. The number of benzene rings is 2. The van der Waals surface area contributed by atoms with E-state index < -0.39 is 0 Å². The Morgan fingerprint density at radius 3 is 2.80 bits per heavy atom. The maximum atomic E-state index is 6.27. The molecule has 3 rings (SSSR count). The Bertz CT molecular complexity index is 630. The average Bonchev–Trinajstić information content (AvgIpc) is 2.48. The standard InChI is InChI=1S/C16H16BrNO2/c1-19-10-6-7-13(17)12(8-10)16-9-14(18)11-4-2-3-5-15(11)20-16/h2-8,14,16H,9,18H2,1H3. The van der Waals surface area contributed by atoms with Gasteiger partial charge in [-0.15, -0.1) is 0 Å². The highest BCUT2D eigenvalue weighted by Gasteiger charge is 2.28. The highest BCUT2D eigenvalue weighted by atomic mass is 79.9. The molecule has 0 fully saturated rings. The zero-order valence-electron chi connectivity index (χ0n) is 11.2. The van der Waals surface area contributed by atoms with Crippen LogP contribution in [-0.2, 0) is 0 Å². The Hall–Kier alpha value is -1.52. The average molecular weight is 334 g/mol. The molecule has 2 aromatic rings. The maximum Gasteiger partial charge on any atom is 0.127 e. The fourth-order valence-corrected chi connectivity index (χ4v) is 3.04. The summed E-state index contributed by atoms with van der Waals surface area (Å²) >= 11 is 3.58. The number of hydrogen-bond donors (Lipinski definition) is 1. The van der Waals surface area contributed by atoms with E-state index in [1.807, 2.05) is 42.5 Å². The summed E-state index contributed by atoms with van der Waals surface area (Å²) in [6.45, 7) is 0. The third kappa shape index (κ3) is 2.41. The second-order valence-corrected chi connectivity index (χ2v) is 5.73. The molecule has 1 heterocycles. The van der Waals surface area contributed by atoms with E-state index in [0.29, 0.717) is 0 Å². The number of ether oxygens (including phenoxy) is 2. The molecule has 2 atom stereocenters. The van der Waals surface area contributed by atoms with Crippen LogP contribution >= 0.6 is 15.9 Å². The first kappa shape index (κ1) is 13.5. The number of fused-ring (bicyclic) bond motifs is 1. The molecular weight excluding hydrogens is 318 g/mol. The molecule has 2 unspecified atom stereocenters. The lowest BCUT2D eigenvalue weighted by Crippen LogP contribution is -2.24. The lowest BCUT2D eigenvalue weighted by molar-refractivity contribution is 0.160. The molecule has 3 nitrogen and oxygen atoms in total. The van der Waals surface area contributed by atoms with E-state index in [1.165, 1.54) is 0 Å². The summed E-state index contributed by atoms with van der Waals surface area (Å²) in [5.41, 5.74) is 8.40. The molecule has 0 aromatic heterocycles. The van der Waals surface area contributed by atoms with Crippen LogP contribution in [0.1, 0.15) is 29.7 Å². The van der Waals surface area contributed by atoms with Gasteiger partial charge < -0.3 is 15.2 Å². The van der Waals surface area contributed by atoms with Gasteiger partial charge in [-0.05, 0) is 24.3 Å². The van der Waals surface area contributed by atoms with Gasteiger partial charge in [-0.1, -0.05) is 34.1 Å².